The molecule has 0 saturated heterocycles. The lowest BCUT2D eigenvalue weighted by atomic mass is 10.1. The summed E-state index contributed by atoms with van der Waals surface area (Å²) in [4.78, 5) is 4.10. The van der Waals surface area contributed by atoms with Crippen LogP contribution >= 0.6 is 15.9 Å². The van der Waals surface area contributed by atoms with Crippen LogP contribution in [0.1, 0.15) is 24.6 Å². The molecule has 0 amide bonds. The third-order valence-corrected chi connectivity index (χ3v) is 3.61. The van der Waals surface area contributed by atoms with E-state index in [2.05, 4.69) is 32.9 Å². The van der Waals surface area contributed by atoms with E-state index >= 15 is 0 Å². The average Bonchev–Trinajstić information content (AvgIpc) is 2.65. The Morgan fingerprint density at radius 2 is 2.20 bits per heavy atom. The second-order valence-electron chi connectivity index (χ2n) is 4.81. The van der Waals surface area contributed by atoms with Gasteiger partial charge in [0.25, 0.3) is 0 Å². The highest BCUT2D eigenvalue weighted by atomic mass is 79.9. The van der Waals surface area contributed by atoms with Crippen LogP contribution in [0.4, 0.5) is 0 Å². The summed E-state index contributed by atoms with van der Waals surface area (Å²) < 4.78 is 8.56. The van der Waals surface area contributed by atoms with E-state index in [-0.39, 0.29) is 6.04 Å². The number of rotatable bonds is 5. The second-order valence-corrected chi connectivity index (χ2v) is 5.72. The minimum Gasteiger partial charge on any atom is -0.437 e. The number of nitrogens with two attached hydrogens (primary N) is 1. The molecule has 108 valence electrons. The van der Waals surface area contributed by atoms with Crippen molar-refractivity contribution in [2.24, 2.45) is 12.8 Å². The molecule has 0 fully saturated rings. The molecular weight excluding hydrogens is 320 g/mol. The maximum Gasteiger partial charge on any atom is 0.221 e. The Bertz CT molecular complexity index is 597. The summed E-state index contributed by atoms with van der Waals surface area (Å²) in [5, 5.41) is 4.42. The van der Waals surface area contributed by atoms with Crippen molar-refractivity contribution in [2.75, 3.05) is 0 Å². The Balaban J connectivity index is 2.31. The van der Waals surface area contributed by atoms with Gasteiger partial charge in [-0.3, -0.25) is 4.98 Å². The predicted molar refractivity (Wildman–Crippen MR) is 81.9 cm³/mol. The highest BCUT2D eigenvalue weighted by molar-refractivity contribution is 9.10. The molecule has 2 aromatic rings. The largest absolute Gasteiger partial charge is 0.437 e. The van der Waals surface area contributed by atoms with Gasteiger partial charge < -0.3 is 10.5 Å². The van der Waals surface area contributed by atoms with Crippen LogP contribution in [-0.2, 0) is 13.5 Å². The first-order valence-corrected chi connectivity index (χ1v) is 7.37. The van der Waals surface area contributed by atoms with Gasteiger partial charge in [0.1, 0.15) is 5.75 Å². The molecule has 2 rings (SSSR count). The number of nitrogens with zero attached hydrogens (tertiary/aromatic N) is 3. The SMILES string of the molecule is CCC(N)Cc1c(C)nn(C)c1Oc1cncc(Br)c1. The Kier molecular flexibility index (Phi) is 4.77. The Hall–Kier alpha value is -1.40. The van der Waals surface area contributed by atoms with Crippen molar-refractivity contribution in [3.8, 4) is 11.6 Å². The number of pyridine rings is 1. The van der Waals surface area contributed by atoms with Crippen molar-refractivity contribution in [3.05, 3.63) is 34.2 Å². The van der Waals surface area contributed by atoms with Crippen LogP contribution < -0.4 is 10.5 Å². The zero-order valence-electron chi connectivity index (χ0n) is 11.9. The standard InChI is InChI=1S/C14H19BrN4O/c1-4-11(16)6-13-9(2)18-19(3)14(13)20-12-5-10(15)7-17-8-12/h5,7-8,11H,4,6,16H2,1-3H3. The van der Waals surface area contributed by atoms with E-state index in [0.717, 1.165) is 34.5 Å². The molecule has 0 aliphatic carbocycles. The zero-order chi connectivity index (χ0) is 14.7. The van der Waals surface area contributed by atoms with Gasteiger partial charge in [-0.05, 0) is 41.8 Å². The van der Waals surface area contributed by atoms with E-state index in [4.69, 9.17) is 10.5 Å². The first-order chi connectivity index (χ1) is 9.51. The summed E-state index contributed by atoms with van der Waals surface area (Å²) in [5.74, 6) is 1.40. The van der Waals surface area contributed by atoms with Gasteiger partial charge in [-0.25, -0.2) is 4.68 Å². The van der Waals surface area contributed by atoms with Crippen LogP contribution in [0.25, 0.3) is 0 Å². The molecule has 0 aromatic carbocycles. The Labute approximate surface area is 127 Å². The normalized spacial score (nSPS) is 12.4. The molecule has 20 heavy (non-hydrogen) atoms. The molecule has 0 aliphatic heterocycles. The molecule has 0 radical (unpaired) electrons. The molecule has 0 bridgehead atoms. The van der Waals surface area contributed by atoms with Gasteiger partial charge in [-0.1, -0.05) is 6.92 Å². The smallest absolute Gasteiger partial charge is 0.221 e. The zero-order valence-corrected chi connectivity index (χ0v) is 13.5. The Morgan fingerprint density at radius 3 is 2.85 bits per heavy atom. The number of aryl methyl sites for hydroxylation is 2. The lowest BCUT2D eigenvalue weighted by Crippen LogP contribution is -2.21. The first kappa shape index (κ1) is 15.0. The molecule has 2 heterocycles. The van der Waals surface area contributed by atoms with Crippen LogP contribution in [0.5, 0.6) is 11.6 Å². The van der Waals surface area contributed by atoms with Crippen LogP contribution in [0, 0.1) is 6.92 Å². The minimum atomic E-state index is 0.112. The van der Waals surface area contributed by atoms with Crippen LogP contribution in [0.15, 0.2) is 22.9 Å². The highest BCUT2D eigenvalue weighted by Crippen LogP contribution is 2.29. The Morgan fingerprint density at radius 1 is 1.45 bits per heavy atom. The summed E-state index contributed by atoms with van der Waals surface area (Å²) in [6, 6.07) is 1.99. The van der Waals surface area contributed by atoms with Crippen molar-refractivity contribution in [2.45, 2.75) is 32.7 Å². The van der Waals surface area contributed by atoms with Gasteiger partial charge in [0.15, 0.2) is 0 Å². The van der Waals surface area contributed by atoms with Crippen molar-refractivity contribution < 1.29 is 4.74 Å². The van der Waals surface area contributed by atoms with Crippen LogP contribution in [-0.4, -0.2) is 20.8 Å². The predicted octanol–water partition coefficient (Wildman–Crippen LogP) is 2.96. The van der Waals surface area contributed by atoms with Crippen molar-refractivity contribution in [1.29, 1.82) is 0 Å². The summed E-state index contributed by atoms with van der Waals surface area (Å²) in [6.45, 7) is 4.05. The maximum absolute atomic E-state index is 6.06. The van der Waals surface area contributed by atoms with E-state index < -0.39 is 0 Å². The van der Waals surface area contributed by atoms with Crippen molar-refractivity contribution >= 4 is 15.9 Å². The summed E-state index contributed by atoms with van der Waals surface area (Å²) in [6.07, 6.45) is 5.07. The van der Waals surface area contributed by atoms with Crippen LogP contribution in [0.3, 0.4) is 0 Å². The average molecular weight is 339 g/mol. The van der Waals surface area contributed by atoms with Gasteiger partial charge >= 0.3 is 0 Å². The van der Waals surface area contributed by atoms with E-state index in [1.165, 1.54) is 0 Å². The molecule has 2 N–H and O–H groups in total. The molecule has 6 heteroatoms. The molecule has 2 aromatic heterocycles. The van der Waals surface area contributed by atoms with Gasteiger partial charge in [-0.15, -0.1) is 0 Å². The summed E-state index contributed by atoms with van der Waals surface area (Å²) in [5.41, 5.74) is 8.07. The number of ether oxygens (including phenoxy) is 1. The maximum atomic E-state index is 6.06. The third-order valence-electron chi connectivity index (χ3n) is 3.17. The number of hydrogen-bond acceptors (Lipinski definition) is 4. The molecule has 0 aliphatic rings. The quantitative estimate of drug-likeness (QED) is 0.910. The van der Waals surface area contributed by atoms with E-state index in [0.29, 0.717) is 5.75 Å². The number of aromatic nitrogens is 3. The van der Waals surface area contributed by atoms with Gasteiger partial charge in [0, 0.05) is 29.3 Å². The fourth-order valence-corrected chi connectivity index (χ4v) is 2.35. The van der Waals surface area contributed by atoms with Crippen molar-refractivity contribution in [1.82, 2.24) is 14.8 Å². The fourth-order valence-electron chi connectivity index (χ4n) is 2.01. The first-order valence-electron chi connectivity index (χ1n) is 6.57. The molecular formula is C14H19BrN4O. The molecule has 0 spiro atoms. The van der Waals surface area contributed by atoms with Crippen LogP contribution in [0.2, 0.25) is 0 Å². The van der Waals surface area contributed by atoms with E-state index in [9.17, 15) is 0 Å². The lowest BCUT2D eigenvalue weighted by Gasteiger charge is -2.11. The highest BCUT2D eigenvalue weighted by Gasteiger charge is 2.17. The summed E-state index contributed by atoms with van der Waals surface area (Å²) >= 11 is 3.38. The summed E-state index contributed by atoms with van der Waals surface area (Å²) in [7, 11) is 1.87. The van der Waals surface area contributed by atoms with Gasteiger partial charge in [0.2, 0.25) is 5.88 Å². The molecule has 0 saturated carbocycles. The minimum absolute atomic E-state index is 0.112. The molecule has 5 nitrogen and oxygen atoms in total. The van der Waals surface area contributed by atoms with Gasteiger partial charge in [0.05, 0.1) is 11.9 Å². The topological polar surface area (TPSA) is 66.0 Å². The third kappa shape index (κ3) is 3.37. The van der Waals surface area contributed by atoms with Gasteiger partial charge in [-0.2, -0.15) is 5.10 Å². The lowest BCUT2D eigenvalue weighted by molar-refractivity contribution is 0.421. The second kappa shape index (κ2) is 6.37. The van der Waals surface area contributed by atoms with E-state index in [1.54, 1.807) is 17.1 Å². The molecule has 1 atom stereocenters. The van der Waals surface area contributed by atoms with E-state index in [1.807, 2.05) is 20.0 Å². The molecule has 1 unspecified atom stereocenters. The fraction of sp³-hybridized carbons (Fsp3) is 0.429. The monoisotopic (exact) mass is 338 g/mol. The number of halogens is 1. The number of hydrogen-bond donors (Lipinski definition) is 1. The van der Waals surface area contributed by atoms with Crippen molar-refractivity contribution in [3.63, 3.8) is 0 Å².